The van der Waals surface area contributed by atoms with E-state index in [1.54, 1.807) is 0 Å². The molecule has 184 valence electrons. The van der Waals surface area contributed by atoms with Crippen LogP contribution in [0.25, 0.3) is 0 Å². The van der Waals surface area contributed by atoms with Crippen LogP contribution in [-0.2, 0) is 10.0 Å². The molecule has 0 radical (unpaired) electrons. The van der Waals surface area contributed by atoms with E-state index in [0.29, 0.717) is 5.02 Å². The van der Waals surface area contributed by atoms with Gasteiger partial charge in [0.2, 0.25) is 10.0 Å². The molecule has 6 nitrogen and oxygen atoms in total. The normalized spacial score (nSPS) is 11.3. The van der Waals surface area contributed by atoms with Crippen LogP contribution in [0.4, 0.5) is 5.69 Å². The monoisotopic (exact) mass is 540 g/mol. The van der Waals surface area contributed by atoms with Crippen molar-refractivity contribution in [3.63, 3.8) is 0 Å². The minimum Gasteiger partial charge on any atom is -0.495 e. The van der Waals surface area contributed by atoms with Gasteiger partial charge in [0.25, 0.3) is 5.91 Å². The molecule has 0 aliphatic carbocycles. The Balaban J connectivity index is 1.67. The van der Waals surface area contributed by atoms with Gasteiger partial charge < -0.3 is 10.1 Å². The standard InChI is InChI=1S/C27H22Cl2N2O4S/c1-35-25-15-13-21(17-24(25)30-27(32)22-14-12-20(28)16-23(22)29)36(33,34)31-26(18-8-4-2-5-9-18)19-10-6-3-7-11-19/h2-17,26,31H,1H3,(H,30,32). The Hall–Kier alpha value is -3.36. The van der Waals surface area contributed by atoms with Gasteiger partial charge in [0.1, 0.15) is 5.75 Å². The molecular weight excluding hydrogens is 519 g/mol. The summed E-state index contributed by atoms with van der Waals surface area (Å²) in [6.07, 6.45) is 0. The van der Waals surface area contributed by atoms with Crippen LogP contribution >= 0.6 is 23.2 Å². The second-order valence-electron chi connectivity index (χ2n) is 7.82. The van der Waals surface area contributed by atoms with Crippen LogP contribution in [0.2, 0.25) is 10.0 Å². The molecule has 0 heterocycles. The predicted octanol–water partition coefficient (Wildman–Crippen LogP) is 6.32. The summed E-state index contributed by atoms with van der Waals surface area (Å²) >= 11 is 12.1. The molecule has 0 aliphatic heterocycles. The van der Waals surface area contributed by atoms with E-state index in [0.717, 1.165) is 11.1 Å². The number of halogens is 2. The van der Waals surface area contributed by atoms with Crippen LogP contribution < -0.4 is 14.8 Å². The lowest BCUT2D eigenvalue weighted by atomic mass is 10.00. The maximum atomic E-state index is 13.5. The zero-order valence-electron chi connectivity index (χ0n) is 19.1. The molecular formula is C27H22Cl2N2O4S. The Morgan fingerprint density at radius 3 is 2.00 bits per heavy atom. The number of amides is 1. The van der Waals surface area contributed by atoms with Crippen molar-refractivity contribution in [2.45, 2.75) is 10.9 Å². The van der Waals surface area contributed by atoms with Crippen molar-refractivity contribution in [1.82, 2.24) is 4.72 Å². The summed E-state index contributed by atoms with van der Waals surface area (Å²) < 4.78 is 35.1. The number of methoxy groups -OCH3 is 1. The molecule has 36 heavy (non-hydrogen) atoms. The maximum Gasteiger partial charge on any atom is 0.257 e. The topological polar surface area (TPSA) is 84.5 Å². The number of carbonyl (C=O) groups excluding carboxylic acids is 1. The highest BCUT2D eigenvalue weighted by molar-refractivity contribution is 7.89. The van der Waals surface area contributed by atoms with E-state index in [-0.39, 0.29) is 26.9 Å². The van der Waals surface area contributed by atoms with Crippen LogP contribution in [0.3, 0.4) is 0 Å². The Labute approximate surface area is 219 Å². The molecule has 0 saturated heterocycles. The second kappa shape index (κ2) is 11.1. The summed E-state index contributed by atoms with van der Waals surface area (Å²) in [5.74, 6) is -0.251. The van der Waals surface area contributed by atoms with Crippen LogP contribution in [0.15, 0.2) is 102 Å². The molecule has 4 aromatic carbocycles. The number of anilines is 1. The third-order valence-electron chi connectivity index (χ3n) is 5.44. The fraction of sp³-hybridized carbons (Fsp3) is 0.0741. The van der Waals surface area contributed by atoms with Crippen molar-refractivity contribution in [2.75, 3.05) is 12.4 Å². The van der Waals surface area contributed by atoms with Gasteiger partial charge in [-0.25, -0.2) is 8.42 Å². The van der Waals surface area contributed by atoms with Crippen molar-refractivity contribution >= 4 is 44.8 Å². The van der Waals surface area contributed by atoms with Crippen molar-refractivity contribution in [3.8, 4) is 5.75 Å². The summed E-state index contributed by atoms with van der Waals surface area (Å²) in [6.45, 7) is 0. The van der Waals surface area contributed by atoms with Gasteiger partial charge >= 0.3 is 0 Å². The molecule has 0 fully saturated rings. The molecule has 4 rings (SSSR count). The van der Waals surface area contributed by atoms with Gasteiger partial charge in [-0.1, -0.05) is 83.9 Å². The number of benzene rings is 4. The van der Waals surface area contributed by atoms with Gasteiger partial charge in [0.05, 0.1) is 34.3 Å². The molecule has 0 bridgehead atoms. The number of hydrogen-bond acceptors (Lipinski definition) is 4. The molecule has 0 aliphatic rings. The first-order chi connectivity index (χ1) is 17.3. The van der Waals surface area contributed by atoms with Gasteiger partial charge in [0, 0.05) is 5.02 Å². The highest BCUT2D eigenvalue weighted by atomic mass is 35.5. The highest BCUT2D eigenvalue weighted by Crippen LogP contribution is 2.31. The van der Waals surface area contributed by atoms with Gasteiger partial charge in [-0.15, -0.1) is 0 Å². The molecule has 0 unspecified atom stereocenters. The van der Waals surface area contributed by atoms with Crippen LogP contribution in [0.1, 0.15) is 27.5 Å². The summed E-state index contributed by atoms with van der Waals surface area (Å²) in [6, 6.07) is 26.7. The first-order valence-corrected chi connectivity index (χ1v) is 13.1. The minimum atomic E-state index is -4.02. The van der Waals surface area contributed by atoms with Crippen LogP contribution in [-0.4, -0.2) is 21.4 Å². The Morgan fingerprint density at radius 2 is 1.44 bits per heavy atom. The molecule has 1 amide bonds. The smallest absolute Gasteiger partial charge is 0.257 e. The van der Waals surface area contributed by atoms with Crippen LogP contribution in [0.5, 0.6) is 5.75 Å². The lowest BCUT2D eigenvalue weighted by Crippen LogP contribution is -2.29. The number of rotatable bonds is 8. The van der Waals surface area contributed by atoms with Crippen molar-refractivity contribution in [2.24, 2.45) is 0 Å². The Morgan fingerprint density at radius 1 is 0.833 bits per heavy atom. The van der Waals surface area contributed by atoms with Gasteiger partial charge in [0.15, 0.2) is 0 Å². The van der Waals surface area contributed by atoms with Crippen molar-refractivity contribution in [3.05, 3.63) is 124 Å². The lowest BCUT2D eigenvalue weighted by Gasteiger charge is -2.20. The number of ether oxygens (including phenoxy) is 1. The minimum absolute atomic E-state index is 0.0438. The van der Waals surface area contributed by atoms with Crippen LogP contribution in [0, 0.1) is 0 Å². The van der Waals surface area contributed by atoms with E-state index < -0.39 is 22.0 Å². The zero-order chi connectivity index (χ0) is 25.7. The maximum absolute atomic E-state index is 13.5. The van der Waals surface area contributed by atoms with E-state index in [2.05, 4.69) is 10.0 Å². The molecule has 0 spiro atoms. The van der Waals surface area contributed by atoms with E-state index in [4.69, 9.17) is 27.9 Å². The third kappa shape index (κ3) is 5.88. The largest absolute Gasteiger partial charge is 0.495 e. The summed E-state index contributed by atoms with van der Waals surface area (Å²) in [7, 11) is -2.59. The molecule has 2 N–H and O–H groups in total. The highest BCUT2D eigenvalue weighted by Gasteiger charge is 2.24. The van der Waals surface area contributed by atoms with E-state index >= 15 is 0 Å². The quantitative estimate of drug-likeness (QED) is 0.273. The average Bonchev–Trinajstić information content (AvgIpc) is 2.88. The summed E-state index contributed by atoms with van der Waals surface area (Å²) in [4.78, 5) is 12.8. The SMILES string of the molecule is COc1ccc(S(=O)(=O)NC(c2ccccc2)c2ccccc2)cc1NC(=O)c1ccc(Cl)cc1Cl. The summed E-state index contributed by atoms with van der Waals surface area (Å²) in [5, 5.41) is 3.24. The van der Waals surface area contributed by atoms with E-state index in [1.807, 2.05) is 60.7 Å². The number of nitrogens with one attached hydrogen (secondary N) is 2. The molecule has 0 saturated carbocycles. The van der Waals surface area contributed by atoms with Gasteiger partial charge in [-0.3, -0.25) is 4.79 Å². The summed E-state index contributed by atoms with van der Waals surface area (Å²) in [5.41, 5.74) is 1.92. The first-order valence-electron chi connectivity index (χ1n) is 10.8. The first kappa shape index (κ1) is 25.7. The number of sulfonamides is 1. The third-order valence-corrected chi connectivity index (χ3v) is 7.41. The number of carbonyl (C=O) groups is 1. The lowest BCUT2D eigenvalue weighted by molar-refractivity contribution is 0.102. The second-order valence-corrected chi connectivity index (χ2v) is 10.4. The Kier molecular flexibility index (Phi) is 7.96. The van der Waals surface area contributed by atoms with Gasteiger partial charge in [-0.05, 0) is 47.5 Å². The zero-order valence-corrected chi connectivity index (χ0v) is 21.4. The molecule has 0 atom stereocenters. The van der Waals surface area contributed by atoms with Crippen molar-refractivity contribution < 1.29 is 17.9 Å². The Bertz CT molecular complexity index is 1440. The molecule has 9 heteroatoms. The average molecular weight is 541 g/mol. The van der Waals surface area contributed by atoms with Crippen molar-refractivity contribution in [1.29, 1.82) is 0 Å². The molecule has 4 aromatic rings. The fourth-order valence-corrected chi connectivity index (χ4v) is 5.39. The molecule has 0 aromatic heterocycles. The predicted molar refractivity (Wildman–Crippen MR) is 142 cm³/mol. The number of hydrogen-bond donors (Lipinski definition) is 2. The van der Waals surface area contributed by atoms with Gasteiger partial charge in [-0.2, -0.15) is 4.72 Å². The fourth-order valence-electron chi connectivity index (χ4n) is 3.66. The van der Waals surface area contributed by atoms with E-state index in [1.165, 1.54) is 43.5 Å². The van der Waals surface area contributed by atoms with E-state index in [9.17, 15) is 13.2 Å².